The molecule has 1 atom stereocenters. The summed E-state index contributed by atoms with van der Waals surface area (Å²) >= 11 is 0. The molecule has 1 unspecified atom stereocenters. The number of anilines is 2. The summed E-state index contributed by atoms with van der Waals surface area (Å²) in [6.07, 6.45) is 1.55. The van der Waals surface area contributed by atoms with Gasteiger partial charge in [-0.3, -0.25) is 14.3 Å². The van der Waals surface area contributed by atoms with E-state index in [0.29, 0.717) is 19.5 Å². The molecular formula is C14H26N4O3. The maximum absolute atomic E-state index is 11.9. The van der Waals surface area contributed by atoms with Crippen molar-refractivity contribution < 1.29 is 5.11 Å². The van der Waals surface area contributed by atoms with Crippen LogP contribution < -0.4 is 22.3 Å². The zero-order chi connectivity index (χ0) is 16.0. The maximum Gasteiger partial charge on any atom is 0.330 e. The Labute approximate surface area is 124 Å². The molecule has 0 aliphatic carbocycles. The molecule has 7 heteroatoms. The summed E-state index contributed by atoms with van der Waals surface area (Å²) in [6, 6.07) is 0. The highest BCUT2D eigenvalue weighted by Crippen LogP contribution is 2.14. The van der Waals surface area contributed by atoms with Crippen LogP contribution in [0.4, 0.5) is 11.5 Å². The third-order valence-electron chi connectivity index (χ3n) is 3.47. The Morgan fingerprint density at radius 3 is 2.57 bits per heavy atom. The highest BCUT2D eigenvalue weighted by Gasteiger charge is 2.14. The predicted molar refractivity (Wildman–Crippen MR) is 84.5 cm³/mol. The van der Waals surface area contributed by atoms with Crippen LogP contribution in [0.2, 0.25) is 0 Å². The highest BCUT2D eigenvalue weighted by molar-refractivity contribution is 5.60. The predicted octanol–water partition coefficient (Wildman–Crippen LogP) is 0.595. The molecule has 0 saturated heterocycles. The summed E-state index contributed by atoms with van der Waals surface area (Å²) in [5, 5.41) is 12.0. The average molecular weight is 298 g/mol. The van der Waals surface area contributed by atoms with Crippen molar-refractivity contribution in [2.45, 2.75) is 40.2 Å². The van der Waals surface area contributed by atoms with Gasteiger partial charge in [-0.25, -0.2) is 4.79 Å². The van der Waals surface area contributed by atoms with Gasteiger partial charge in [0, 0.05) is 19.7 Å². The van der Waals surface area contributed by atoms with Crippen molar-refractivity contribution in [2.75, 3.05) is 24.2 Å². The fourth-order valence-electron chi connectivity index (χ4n) is 2.18. The van der Waals surface area contributed by atoms with Gasteiger partial charge in [-0.15, -0.1) is 0 Å². The van der Waals surface area contributed by atoms with Gasteiger partial charge in [0.25, 0.3) is 5.56 Å². The van der Waals surface area contributed by atoms with Crippen LogP contribution in [0.5, 0.6) is 0 Å². The fourth-order valence-corrected chi connectivity index (χ4v) is 2.18. The number of nitrogens with two attached hydrogens (primary N) is 1. The molecule has 1 heterocycles. The van der Waals surface area contributed by atoms with E-state index in [1.807, 2.05) is 20.8 Å². The number of nitrogen functional groups attached to an aromatic ring is 1. The van der Waals surface area contributed by atoms with E-state index >= 15 is 0 Å². The van der Waals surface area contributed by atoms with Gasteiger partial charge in [0.2, 0.25) is 0 Å². The number of nitrogens with zero attached hydrogens (tertiary/aromatic N) is 1. The quantitative estimate of drug-likeness (QED) is 0.561. The number of rotatable bonds is 8. The SMILES string of the molecule is CCC(CCO)CNc1c(N)n(CC(C)C)c(=O)[nH]c1=O. The summed E-state index contributed by atoms with van der Waals surface area (Å²) < 4.78 is 1.38. The van der Waals surface area contributed by atoms with Crippen LogP contribution in [0.3, 0.4) is 0 Å². The molecule has 7 nitrogen and oxygen atoms in total. The number of aromatic nitrogens is 2. The molecule has 0 radical (unpaired) electrons. The first-order chi connectivity index (χ1) is 9.90. The Bertz CT molecular complexity index is 562. The van der Waals surface area contributed by atoms with E-state index in [-0.39, 0.29) is 29.9 Å². The lowest BCUT2D eigenvalue weighted by Crippen LogP contribution is -2.35. The second-order valence-corrected chi connectivity index (χ2v) is 5.69. The maximum atomic E-state index is 11.9. The fraction of sp³-hybridized carbons (Fsp3) is 0.714. The number of hydrogen-bond donors (Lipinski definition) is 4. The Hall–Kier alpha value is -1.76. The van der Waals surface area contributed by atoms with Crippen molar-refractivity contribution in [3.63, 3.8) is 0 Å². The van der Waals surface area contributed by atoms with Crippen molar-refractivity contribution in [2.24, 2.45) is 11.8 Å². The number of H-pyrrole nitrogens is 1. The van der Waals surface area contributed by atoms with Crippen molar-refractivity contribution in [1.29, 1.82) is 0 Å². The van der Waals surface area contributed by atoms with Crippen LogP contribution in [0.15, 0.2) is 9.59 Å². The molecule has 0 fully saturated rings. The zero-order valence-corrected chi connectivity index (χ0v) is 13.0. The minimum Gasteiger partial charge on any atom is -0.396 e. The second kappa shape index (κ2) is 7.87. The van der Waals surface area contributed by atoms with Crippen LogP contribution in [0.1, 0.15) is 33.6 Å². The van der Waals surface area contributed by atoms with E-state index in [1.165, 1.54) is 4.57 Å². The van der Waals surface area contributed by atoms with Gasteiger partial charge in [0.05, 0.1) is 0 Å². The van der Waals surface area contributed by atoms with Gasteiger partial charge < -0.3 is 16.2 Å². The molecule has 1 aromatic heterocycles. The van der Waals surface area contributed by atoms with E-state index in [4.69, 9.17) is 10.8 Å². The third kappa shape index (κ3) is 4.63. The smallest absolute Gasteiger partial charge is 0.330 e. The summed E-state index contributed by atoms with van der Waals surface area (Å²) in [6.45, 7) is 7.05. The minimum atomic E-state index is -0.503. The molecular weight excluding hydrogens is 272 g/mol. The number of aliphatic hydroxyl groups excluding tert-OH is 1. The minimum absolute atomic E-state index is 0.110. The molecule has 0 aliphatic rings. The van der Waals surface area contributed by atoms with Gasteiger partial charge in [-0.1, -0.05) is 27.2 Å². The first kappa shape index (κ1) is 17.3. The van der Waals surface area contributed by atoms with Gasteiger partial charge in [0.1, 0.15) is 11.5 Å². The summed E-state index contributed by atoms with van der Waals surface area (Å²) in [5.74, 6) is 0.650. The number of aromatic amines is 1. The number of hydrogen-bond acceptors (Lipinski definition) is 5. The summed E-state index contributed by atoms with van der Waals surface area (Å²) in [7, 11) is 0. The number of aliphatic hydroxyl groups is 1. The van der Waals surface area contributed by atoms with E-state index in [1.54, 1.807) is 0 Å². The van der Waals surface area contributed by atoms with Crippen molar-refractivity contribution in [3.05, 3.63) is 20.8 Å². The molecule has 0 amide bonds. The largest absolute Gasteiger partial charge is 0.396 e. The molecule has 120 valence electrons. The Balaban J connectivity index is 3.01. The van der Waals surface area contributed by atoms with Crippen molar-refractivity contribution in [1.82, 2.24) is 9.55 Å². The Morgan fingerprint density at radius 1 is 1.38 bits per heavy atom. The second-order valence-electron chi connectivity index (χ2n) is 5.69. The lowest BCUT2D eigenvalue weighted by molar-refractivity contribution is 0.258. The molecule has 0 aromatic carbocycles. The summed E-state index contributed by atoms with van der Waals surface area (Å²) in [4.78, 5) is 26.0. The molecule has 1 aromatic rings. The Morgan fingerprint density at radius 2 is 2.05 bits per heavy atom. The van der Waals surface area contributed by atoms with Crippen LogP contribution in [0, 0.1) is 11.8 Å². The van der Waals surface area contributed by atoms with E-state index in [0.717, 1.165) is 6.42 Å². The summed E-state index contributed by atoms with van der Waals surface area (Å²) in [5.41, 5.74) is 5.20. The lowest BCUT2D eigenvalue weighted by Gasteiger charge is -2.18. The van der Waals surface area contributed by atoms with Crippen LogP contribution in [0.25, 0.3) is 0 Å². The standard InChI is InChI=1S/C14H26N4O3/c1-4-10(5-6-19)7-16-11-12(15)18(8-9(2)3)14(21)17-13(11)20/h9-10,16,19H,4-8,15H2,1-3H3,(H,17,20,21). The van der Waals surface area contributed by atoms with Crippen molar-refractivity contribution >= 4 is 11.5 Å². The molecule has 5 N–H and O–H groups in total. The normalized spacial score (nSPS) is 12.6. The molecule has 0 aliphatic heterocycles. The van der Waals surface area contributed by atoms with E-state index in [2.05, 4.69) is 10.3 Å². The van der Waals surface area contributed by atoms with Gasteiger partial charge in [-0.2, -0.15) is 0 Å². The van der Waals surface area contributed by atoms with E-state index < -0.39 is 11.2 Å². The van der Waals surface area contributed by atoms with Crippen LogP contribution in [-0.4, -0.2) is 27.8 Å². The molecule has 21 heavy (non-hydrogen) atoms. The molecule has 1 rings (SSSR count). The molecule has 0 spiro atoms. The zero-order valence-electron chi connectivity index (χ0n) is 13.0. The molecule has 0 saturated carbocycles. The lowest BCUT2D eigenvalue weighted by atomic mass is 10.0. The van der Waals surface area contributed by atoms with Crippen LogP contribution in [-0.2, 0) is 6.54 Å². The highest BCUT2D eigenvalue weighted by atomic mass is 16.3. The third-order valence-corrected chi connectivity index (χ3v) is 3.47. The van der Waals surface area contributed by atoms with Crippen LogP contribution >= 0.6 is 0 Å². The monoisotopic (exact) mass is 298 g/mol. The van der Waals surface area contributed by atoms with Gasteiger partial charge in [-0.05, 0) is 18.3 Å². The van der Waals surface area contributed by atoms with E-state index in [9.17, 15) is 9.59 Å². The van der Waals surface area contributed by atoms with Gasteiger partial charge >= 0.3 is 5.69 Å². The first-order valence-electron chi connectivity index (χ1n) is 7.37. The van der Waals surface area contributed by atoms with Crippen molar-refractivity contribution in [3.8, 4) is 0 Å². The van der Waals surface area contributed by atoms with Gasteiger partial charge in [0.15, 0.2) is 0 Å². The first-order valence-corrected chi connectivity index (χ1v) is 7.37. The average Bonchev–Trinajstić information content (AvgIpc) is 2.41. The number of nitrogens with one attached hydrogen (secondary N) is 2. The molecule has 0 bridgehead atoms. The Kier molecular flexibility index (Phi) is 6.48. The topological polar surface area (TPSA) is 113 Å².